The number of carbonyl (C=O) groups excluding carboxylic acids is 1. The van der Waals surface area contributed by atoms with Crippen molar-refractivity contribution in [2.75, 3.05) is 23.1 Å². The largest absolute Gasteiger partial charge is 0.493 e. The average Bonchev–Trinajstić information content (AvgIpc) is 3.20. The molecule has 11 heteroatoms. The van der Waals surface area contributed by atoms with E-state index in [1.807, 2.05) is 18.2 Å². The highest BCUT2D eigenvalue weighted by Gasteiger charge is 2.09. The molecule has 2 aromatic heterocycles. The molecule has 2 aromatic carbocycles. The van der Waals surface area contributed by atoms with E-state index in [0.717, 1.165) is 11.8 Å². The van der Waals surface area contributed by atoms with Gasteiger partial charge in [-0.05, 0) is 36.8 Å². The summed E-state index contributed by atoms with van der Waals surface area (Å²) in [6, 6.07) is 11.2. The maximum absolute atomic E-state index is 13.2. The minimum atomic E-state index is -0.431. The van der Waals surface area contributed by atoms with E-state index in [1.54, 1.807) is 18.5 Å². The van der Waals surface area contributed by atoms with Gasteiger partial charge in [-0.2, -0.15) is 0 Å². The first kappa shape index (κ1) is 21.4. The molecule has 0 aliphatic carbocycles. The molecule has 0 aliphatic rings. The first-order valence-electron chi connectivity index (χ1n) is 9.77. The molecule has 4 aromatic rings. The summed E-state index contributed by atoms with van der Waals surface area (Å²) < 4.78 is 20.2. The topological polar surface area (TPSA) is 107 Å². The predicted molar refractivity (Wildman–Crippen MR) is 119 cm³/mol. The van der Waals surface area contributed by atoms with Crippen molar-refractivity contribution in [3.05, 3.63) is 60.7 Å². The van der Waals surface area contributed by atoms with Gasteiger partial charge in [-0.1, -0.05) is 11.3 Å². The van der Waals surface area contributed by atoms with Gasteiger partial charge in [0.15, 0.2) is 5.82 Å². The molecule has 0 bridgehead atoms. The fourth-order valence-corrected chi connectivity index (χ4v) is 2.97. The molecule has 9 nitrogen and oxygen atoms in total. The van der Waals surface area contributed by atoms with Crippen LogP contribution in [-0.4, -0.2) is 43.4 Å². The molecule has 164 valence electrons. The number of anilines is 3. The minimum absolute atomic E-state index is 0.0905. The number of fused-ring (bicyclic) bond motifs is 1. The number of nitrogens with zero attached hydrogens (tertiary/aromatic N) is 5. The number of rotatable bonds is 9. The zero-order chi connectivity index (χ0) is 22.3. The number of amides is 1. The number of benzene rings is 2. The van der Waals surface area contributed by atoms with Crippen LogP contribution < -0.4 is 15.4 Å². The van der Waals surface area contributed by atoms with Crippen LogP contribution in [0.3, 0.4) is 0 Å². The smallest absolute Gasteiger partial charge is 0.246 e. The molecule has 0 saturated carbocycles. The standard InChI is InChI=1S/C21H19ClFN7O2/c22-7-2-8-32-17-6-5-14-11-24-21(26-18(14)10-17)27-19-12-30(29-28-19)13-20(31)25-16-4-1-3-15(23)9-16/h1,3-6,9-12H,2,7-8,13H2,(H,25,31)(H,24,26,27). The minimum Gasteiger partial charge on any atom is -0.493 e. The quantitative estimate of drug-likeness (QED) is 0.292. The highest BCUT2D eigenvalue weighted by molar-refractivity contribution is 6.17. The lowest BCUT2D eigenvalue weighted by Crippen LogP contribution is -2.19. The molecule has 0 aliphatic heterocycles. The number of carbonyl (C=O) groups is 1. The van der Waals surface area contributed by atoms with Crippen LogP contribution in [0.2, 0.25) is 0 Å². The number of alkyl halides is 1. The van der Waals surface area contributed by atoms with Crippen molar-refractivity contribution < 1.29 is 13.9 Å². The van der Waals surface area contributed by atoms with Crippen molar-refractivity contribution in [3.63, 3.8) is 0 Å². The summed E-state index contributed by atoms with van der Waals surface area (Å²) in [6.45, 7) is 0.438. The summed E-state index contributed by atoms with van der Waals surface area (Å²) in [6.07, 6.45) is 3.99. The third kappa shape index (κ3) is 5.67. The van der Waals surface area contributed by atoms with Gasteiger partial charge in [-0.3, -0.25) is 4.79 Å². The Labute approximate surface area is 187 Å². The van der Waals surface area contributed by atoms with Gasteiger partial charge in [0, 0.05) is 29.2 Å². The van der Waals surface area contributed by atoms with Crippen molar-refractivity contribution in [2.45, 2.75) is 13.0 Å². The summed E-state index contributed by atoms with van der Waals surface area (Å²) in [4.78, 5) is 20.9. The molecule has 0 fully saturated rings. The van der Waals surface area contributed by atoms with Gasteiger partial charge in [0.05, 0.1) is 18.3 Å². The number of ether oxygens (including phenoxy) is 1. The Morgan fingerprint density at radius 2 is 2.12 bits per heavy atom. The van der Waals surface area contributed by atoms with E-state index in [2.05, 4.69) is 30.9 Å². The summed E-state index contributed by atoms with van der Waals surface area (Å²) in [5, 5.41) is 14.3. The van der Waals surface area contributed by atoms with E-state index in [0.29, 0.717) is 41.2 Å². The zero-order valence-electron chi connectivity index (χ0n) is 16.8. The van der Waals surface area contributed by atoms with Crippen LogP contribution in [0.4, 0.5) is 21.8 Å². The lowest BCUT2D eigenvalue weighted by Gasteiger charge is -2.07. The molecule has 32 heavy (non-hydrogen) atoms. The van der Waals surface area contributed by atoms with Crippen LogP contribution in [0.15, 0.2) is 54.9 Å². The molecule has 0 radical (unpaired) electrons. The molecule has 2 heterocycles. The maximum Gasteiger partial charge on any atom is 0.246 e. The van der Waals surface area contributed by atoms with Gasteiger partial charge < -0.3 is 15.4 Å². The Morgan fingerprint density at radius 1 is 1.22 bits per heavy atom. The Kier molecular flexibility index (Phi) is 6.71. The third-order valence-electron chi connectivity index (χ3n) is 4.29. The molecular weight excluding hydrogens is 437 g/mol. The number of halogens is 2. The Balaban J connectivity index is 1.39. The van der Waals surface area contributed by atoms with E-state index in [-0.39, 0.29) is 12.5 Å². The van der Waals surface area contributed by atoms with Crippen LogP contribution in [0, 0.1) is 5.82 Å². The molecule has 0 atom stereocenters. The second kappa shape index (κ2) is 10.0. The van der Waals surface area contributed by atoms with Crippen LogP contribution >= 0.6 is 11.6 Å². The fraction of sp³-hybridized carbons (Fsp3) is 0.190. The highest BCUT2D eigenvalue weighted by atomic mass is 35.5. The van der Waals surface area contributed by atoms with Gasteiger partial charge in [0.2, 0.25) is 11.9 Å². The molecule has 0 spiro atoms. The fourth-order valence-electron chi connectivity index (χ4n) is 2.86. The summed E-state index contributed by atoms with van der Waals surface area (Å²) in [5.41, 5.74) is 1.07. The normalized spacial score (nSPS) is 10.8. The lowest BCUT2D eigenvalue weighted by atomic mass is 10.2. The third-order valence-corrected chi connectivity index (χ3v) is 4.56. The number of hydrogen-bond acceptors (Lipinski definition) is 7. The number of nitrogens with one attached hydrogen (secondary N) is 2. The van der Waals surface area contributed by atoms with Crippen LogP contribution in [-0.2, 0) is 11.3 Å². The van der Waals surface area contributed by atoms with Crippen LogP contribution in [0.1, 0.15) is 6.42 Å². The highest BCUT2D eigenvalue weighted by Crippen LogP contribution is 2.21. The molecule has 2 N–H and O–H groups in total. The van der Waals surface area contributed by atoms with Gasteiger partial charge >= 0.3 is 0 Å². The molecule has 4 rings (SSSR count). The monoisotopic (exact) mass is 455 g/mol. The second-order valence-electron chi connectivity index (χ2n) is 6.79. The first-order chi connectivity index (χ1) is 15.6. The molecular formula is C21H19ClFN7O2. The molecule has 1 amide bonds. The Morgan fingerprint density at radius 3 is 2.97 bits per heavy atom. The molecule has 0 saturated heterocycles. The molecule has 0 unspecified atom stereocenters. The summed E-state index contributed by atoms with van der Waals surface area (Å²) >= 11 is 5.67. The van der Waals surface area contributed by atoms with Crippen LogP contribution in [0.25, 0.3) is 10.9 Å². The van der Waals surface area contributed by atoms with Crippen molar-refractivity contribution in [1.29, 1.82) is 0 Å². The van der Waals surface area contributed by atoms with Gasteiger partial charge in [0.25, 0.3) is 0 Å². The second-order valence-corrected chi connectivity index (χ2v) is 7.17. The van der Waals surface area contributed by atoms with Crippen molar-refractivity contribution in [1.82, 2.24) is 25.0 Å². The van der Waals surface area contributed by atoms with Crippen molar-refractivity contribution in [2.24, 2.45) is 0 Å². The van der Waals surface area contributed by atoms with E-state index in [1.165, 1.54) is 22.9 Å². The van der Waals surface area contributed by atoms with Gasteiger partial charge in [-0.25, -0.2) is 19.0 Å². The SMILES string of the molecule is O=C(Cn1cc(Nc2ncc3ccc(OCCCCl)cc3n2)nn1)Nc1cccc(F)c1. The maximum atomic E-state index is 13.2. The van der Waals surface area contributed by atoms with E-state index < -0.39 is 5.82 Å². The van der Waals surface area contributed by atoms with E-state index >= 15 is 0 Å². The predicted octanol–water partition coefficient (Wildman–Crippen LogP) is 3.75. The van der Waals surface area contributed by atoms with Crippen LogP contribution in [0.5, 0.6) is 5.75 Å². The van der Waals surface area contributed by atoms with Gasteiger partial charge in [-0.15, -0.1) is 16.7 Å². The Bertz CT molecular complexity index is 1230. The summed E-state index contributed by atoms with van der Waals surface area (Å²) in [7, 11) is 0. The first-order valence-corrected chi connectivity index (χ1v) is 10.3. The van der Waals surface area contributed by atoms with E-state index in [9.17, 15) is 9.18 Å². The van der Waals surface area contributed by atoms with Crippen molar-refractivity contribution in [3.8, 4) is 5.75 Å². The summed E-state index contributed by atoms with van der Waals surface area (Å²) in [5.74, 6) is 1.14. The Hall–Kier alpha value is -3.79. The zero-order valence-corrected chi connectivity index (χ0v) is 17.6. The van der Waals surface area contributed by atoms with Gasteiger partial charge in [0.1, 0.15) is 18.1 Å². The average molecular weight is 456 g/mol. The number of hydrogen-bond donors (Lipinski definition) is 2. The van der Waals surface area contributed by atoms with E-state index in [4.69, 9.17) is 16.3 Å². The number of aromatic nitrogens is 5. The van der Waals surface area contributed by atoms with Crippen molar-refractivity contribution >= 4 is 45.9 Å². The lowest BCUT2D eigenvalue weighted by molar-refractivity contribution is -0.116.